The first-order valence-electron chi connectivity index (χ1n) is 18.6. The molecular formula is C52H34O. The summed E-state index contributed by atoms with van der Waals surface area (Å²) in [5.41, 5.74) is 15.2. The van der Waals surface area contributed by atoms with Crippen LogP contribution in [-0.2, 0) is 6.42 Å². The van der Waals surface area contributed by atoms with Gasteiger partial charge >= 0.3 is 0 Å². The average Bonchev–Trinajstić information content (AvgIpc) is 3.39. The number of Topliss-reactive ketones (excluding diaryl/α,β-unsaturated/α-hetero) is 1. The molecule has 0 fully saturated rings. The summed E-state index contributed by atoms with van der Waals surface area (Å²) < 4.78 is 0. The van der Waals surface area contributed by atoms with Crippen LogP contribution in [0.4, 0.5) is 0 Å². The lowest BCUT2D eigenvalue weighted by atomic mass is 9.81. The number of fused-ring (bicyclic) bond motifs is 13. The third kappa shape index (κ3) is 4.67. The van der Waals surface area contributed by atoms with Crippen molar-refractivity contribution < 1.29 is 4.79 Å². The van der Waals surface area contributed by atoms with Crippen molar-refractivity contribution in [2.45, 2.75) is 18.8 Å². The summed E-state index contributed by atoms with van der Waals surface area (Å²) in [7, 11) is 0. The number of ketones is 1. The topological polar surface area (TPSA) is 17.1 Å². The summed E-state index contributed by atoms with van der Waals surface area (Å²) in [6.07, 6.45) is 1.74. The summed E-state index contributed by atoms with van der Waals surface area (Å²) in [6.45, 7) is 0. The van der Waals surface area contributed by atoms with Gasteiger partial charge in [-0.05, 0) is 124 Å². The molecule has 0 spiro atoms. The average molecular weight is 675 g/mol. The monoisotopic (exact) mass is 674 g/mol. The quantitative estimate of drug-likeness (QED) is 0.171. The SMILES string of the molecule is O=C1c2ccccc2-c2cccc3c2CCC1c1ccc(-c2ccc(-c4ccc(-c5ccc6c7ccccc7c7ccccc7c6c5)cc4)cc2)cc1-3. The molecule has 248 valence electrons. The summed E-state index contributed by atoms with van der Waals surface area (Å²) in [5, 5.41) is 7.77. The molecule has 0 N–H and O–H groups in total. The van der Waals surface area contributed by atoms with Gasteiger partial charge in [-0.25, -0.2) is 0 Å². The normalized spacial score (nSPS) is 14.5. The third-order valence-electron chi connectivity index (χ3n) is 11.9. The van der Waals surface area contributed by atoms with Crippen LogP contribution in [0.2, 0.25) is 0 Å². The fraction of sp³-hybridized carbons (Fsp3) is 0.0577. The van der Waals surface area contributed by atoms with E-state index < -0.39 is 0 Å². The first kappa shape index (κ1) is 30.1. The molecule has 9 aromatic carbocycles. The molecule has 0 saturated carbocycles. The fourth-order valence-corrected chi connectivity index (χ4v) is 9.27. The third-order valence-corrected chi connectivity index (χ3v) is 11.9. The van der Waals surface area contributed by atoms with Gasteiger partial charge in [-0.2, -0.15) is 0 Å². The van der Waals surface area contributed by atoms with E-state index in [0.717, 1.165) is 29.5 Å². The van der Waals surface area contributed by atoms with Crippen LogP contribution >= 0.6 is 0 Å². The van der Waals surface area contributed by atoms with Crippen LogP contribution in [0, 0.1) is 0 Å². The highest BCUT2D eigenvalue weighted by molar-refractivity contribution is 6.25. The summed E-state index contributed by atoms with van der Waals surface area (Å²) in [5.74, 6) is 0.0979. The Hall–Kier alpha value is -6.57. The lowest BCUT2D eigenvalue weighted by Crippen LogP contribution is -2.16. The van der Waals surface area contributed by atoms with E-state index in [9.17, 15) is 4.79 Å². The smallest absolute Gasteiger partial charge is 0.170 e. The van der Waals surface area contributed by atoms with Crippen LogP contribution in [0.3, 0.4) is 0 Å². The van der Waals surface area contributed by atoms with Crippen molar-refractivity contribution in [3.05, 3.63) is 193 Å². The zero-order valence-electron chi connectivity index (χ0n) is 29.1. The molecule has 1 unspecified atom stereocenters. The molecule has 0 heterocycles. The van der Waals surface area contributed by atoms with Gasteiger partial charge in [0.05, 0.1) is 0 Å². The zero-order valence-corrected chi connectivity index (χ0v) is 29.1. The van der Waals surface area contributed by atoms with E-state index >= 15 is 0 Å². The summed E-state index contributed by atoms with van der Waals surface area (Å²) >= 11 is 0. The standard InChI is InChI=1S/C52H34O/c53-52-48-13-6-5-11-42(48)41-14-7-15-44-45(41)28-29-49(52)47-27-25-37(31-51(44)47)35-22-18-33(19-23-35)32-16-20-34(21-17-32)36-24-26-46-40-10-2-1-8-38(40)39-9-3-4-12-43(39)50(46)30-36/h1-27,30-31,49H,28-29H2. The largest absolute Gasteiger partial charge is 0.293 e. The first-order valence-corrected chi connectivity index (χ1v) is 18.6. The van der Waals surface area contributed by atoms with Gasteiger partial charge < -0.3 is 0 Å². The second-order valence-corrected chi connectivity index (χ2v) is 14.6. The van der Waals surface area contributed by atoms with Crippen LogP contribution < -0.4 is 0 Å². The number of benzene rings is 9. The molecule has 11 rings (SSSR count). The number of carbonyl (C=O) groups is 1. The molecule has 0 aromatic heterocycles. The van der Waals surface area contributed by atoms with Gasteiger partial charge in [0.1, 0.15) is 0 Å². The highest BCUT2D eigenvalue weighted by atomic mass is 16.1. The Balaban J connectivity index is 0.926. The predicted octanol–water partition coefficient (Wildman–Crippen LogP) is 13.7. The van der Waals surface area contributed by atoms with Crippen LogP contribution in [0.1, 0.15) is 33.8 Å². The minimum atomic E-state index is -0.139. The molecule has 9 aromatic rings. The van der Waals surface area contributed by atoms with Gasteiger partial charge in [-0.3, -0.25) is 4.79 Å². The van der Waals surface area contributed by atoms with Gasteiger partial charge in [-0.15, -0.1) is 0 Å². The van der Waals surface area contributed by atoms with Gasteiger partial charge in [0.15, 0.2) is 5.78 Å². The predicted molar refractivity (Wildman–Crippen MR) is 222 cm³/mol. The Bertz CT molecular complexity index is 2910. The molecule has 2 aliphatic rings. The maximum absolute atomic E-state index is 14.1. The van der Waals surface area contributed by atoms with E-state index in [1.54, 1.807) is 0 Å². The molecule has 0 aliphatic heterocycles. The van der Waals surface area contributed by atoms with E-state index in [-0.39, 0.29) is 11.7 Å². The maximum atomic E-state index is 14.1. The van der Waals surface area contributed by atoms with E-state index in [4.69, 9.17) is 0 Å². The van der Waals surface area contributed by atoms with Crippen molar-refractivity contribution >= 4 is 38.1 Å². The number of rotatable bonds is 3. The van der Waals surface area contributed by atoms with Crippen molar-refractivity contribution in [3.8, 4) is 55.6 Å². The number of hydrogen-bond donors (Lipinski definition) is 0. The molecule has 1 nitrogen and oxygen atoms in total. The number of carbonyl (C=O) groups excluding carboxylic acids is 1. The summed E-state index contributed by atoms with van der Waals surface area (Å²) in [4.78, 5) is 14.1. The molecular weight excluding hydrogens is 641 g/mol. The van der Waals surface area contributed by atoms with Crippen LogP contribution in [0.25, 0.3) is 88.0 Å². The van der Waals surface area contributed by atoms with Gasteiger partial charge in [0.25, 0.3) is 0 Å². The molecule has 0 radical (unpaired) electrons. The molecule has 0 amide bonds. The molecule has 2 bridgehead atoms. The van der Waals surface area contributed by atoms with E-state index in [1.165, 1.54) is 88.0 Å². The van der Waals surface area contributed by atoms with Crippen molar-refractivity contribution in [3.63, 3.8) is 0 Å². The Morgan fingerprint density at radius 2 is 0.774 bits per heavy atom. The molecule has 1 atom stereocenters. The van der Waals surface area contributed by atoms with E-state index in [1.807, 2.05) is 18.2 Å². The van der Waals surface area contributed by atoms with Crippen LogP contribution in [0.15, 0.2) is 176 Å². The first-order chi connectivity index (χ1) is 26.2. The van der Waals surface area contributed by atoms with Gasteiger partial charge in [0.2, 0.25) is 0 Å². The van der Waals surface area contributed by atoms with Crippen LogP contribution in [0.5, 0.6) is 0 Å². The molecule has 53 heavy (non-hydrogen) atoms. The Kier molecular flexibility index (Phi) is 6.66. The minimum absolute atomic E-state index is 0.139. The second kappa shape index (κ2) is 11.7. The molecule has 1 heteroatoms. The Labute approximate surface area is 308 Å². The van der Waals surface area contributed by atoms with Crippen molar-refractivity contribution in [1.29, 1.82) is 0 Å². The maximum Gasteiger partial charge on any atom is 0.170 e. The lowest BCUT2D eigenvalue weighted by Gasteiger charge is -2.21. The number of hydrogen-bond acceptors (Lipinski definition) is 1. The van der Waals surface area contributed by atoms with E-state index in [0.29, 0.717) is 0 Å². The minimum Gasteiger partial charge on any atom is -0.293 e. The van der Waals surface area contributed by atoms with Crippen molar-refractivity contribution in [2.75, 3.05) is 0 Å². The van der Waals surface area contributed by atoms with Gasteiger partial charge in [-0.1, -0.05) is 164 Å². The highest BCUT2D eigenvalue weighted by Crippen LogP contribution is 2.47. The fourth-order valence-electron chi connectivity index (χ4n) is 9.27. The summed E-state index contributed by atoms with van der Waals surface area (Å²) in [6, 6.07) is 63.8. The van der Waals surface area contributed by atoms with Crippen LogP contribution in [-0.4, -0.2) is 5.78 Å². The highest BCUT2D eigenvalue weighted by Gasteiger charge is 2.33. The van der Waals surface area contributed by atoms with Gasteiger partial charge in [0, 0.05) is 11.5 Å². The van der Waals surface area contributed by atoms with Crippen molar-refractivity contribution in [2.24, 2.45) is 0 Å². The van der Waals surface area contributed by atoms with Crippen molar-refractivity contribution in [1.82, 2.24) is 0 Å². The molecule has 2 aliphatic carbocycles. The second-order valence-electron chi connectivity index (χ2n) is 14.6. The molecule has 0 saturated heterocycles. The lowest BCUT2D eigenvalue weighted by molar-refractivity contribution is 0.0956. The van der Waals surface area contributed by atoms with E-state index in [2.05, 4.69) is 158 Å². The zero-order chi connectivity index (χ0) is 35.0. The Morgan fingerprint density at radius 3 is 1.40 bits per heavy atom. The Morgan fingerprint density at radius 1 is 0.340 bits per heavy atom.